The van der Waals surface area contributed by atoms with E-state index in [2.05, 4.69) is 31.1 Å². The zero-order valence-electron chi connectivity index (χ0n) is 11.5. The van der Waals surface area contributed by atoms with Crippen molar-refractivity contribution in [3.63, 3.8) is 0 Å². The van der Waals surface area contributed by atoms with Crippen molar-refractivity contribution < 1.29 is 9.90 Å². The molecule has 4 heteroatoms. The van der Waals surface area contributed by atoms with Gasteiger partial charge in [0, 0.05) is 17.9 Å². The van der Waals surface area contributed by atoms with E-state index in [0.29, 0.717) is 11.6 Å². The van der Waals surface area contributed by atoms with Gasteiger partial charge in [-0.1, -0.05) is 20.3 Å². The molecule has 0 spiro atoms. The molecule has 0 aliphatic rings. The maximum Gasteiger partial charge on any atom is 0.339 e. The van der Waals surface area contributed by atoms with E-state index in [1.165, 1.54) is 6.20 Å². The zero-order chi connectivity index (χ0) is 13.7. The number of anilines is 1. The first-order valence-electron chi connectivity index (χ1n) is 6.40. The summed E-state index contributed by atoms with van der Waals surface area (Å²) < 4.78 is 0. The summed E-state index contributed by atoms with van der Waals surface area (Å²) in [4.78, 5) is 15.1. The quantitative estimate of drug-likeness (QED) is 0.813. The molecule has 2 N–H and O–H groups in total. The average Bonchev–Trinajstić information content (AvgIpc) is 2.28. The van der Waals surface area contributed by atoms with Crippen LogP contribution in [0.5, 0.6) is 0 Å². The minimum atomic E-state index is -0.944. The van der Waals surface area contributed by atoms with Gasteiger partial charge in [0.15, 0.2) is 0 Å². The first kappa shape index (κ1) is 14.5. The molecule has 18 heavy (non-hydrogen) atoms. The molecule has 0 saturated carbocycles. The number of rotatable bonds is 6. The van der Waals surface area contributed by atoms with E-state index >= 15 is 0 Å². The number of aryl methyl sites for hydroxylation is 1. The Labute approximate surface area is 108 Å². The van der Waals surface area contributed by atoms with E-state index in [0.717, 1.165) is 18.5 Å². The van der Waals surface area contributed by atoms with Crippen molar-refractivity contribution in [2.24, 2.45) is 5.92 Å². The summed E-state index contributed by atoms with van der Waals surface area (Å²) >= 11 is 0. The molecule has 1 aromatic rings. The first-order valence-corrected chi connectivity index (χ1v) is 6.40. The predicted molar refractivity (Wildman–Crippen MR) is 73.1 cm³/mol. The largest absolute Gasteiger partial charge is 0.478 e. The molecule has 0 amide bonds. The van der Waals surface area contributed by atoms with Crippen molar-refractivity contribution in [1.29, 1.82) is 0 Å². The number of nitrogens with zero attached hydrogens (tertiary/aromatic N) is 1. The normalized spacial score (nSPS) is 14.0. The maximum atomic E-state index is 11.1. The molecule has 2 unspecified atom stereocenters. The maximum absolute atomic E-state index is 11.1. The molecule has 1 rings (SSSR count). The highest BCUT2D eigenvalue weighted by Gasteiger charge is 2.14. The van der Waals surface area contributed by atoms with Gasteiger partial charge in [-0.2, -0.15) is 0 Å². The lowest BCUT2D eigenvalue weighted by atomic mass is 10.00. The smallest absolute Gasteiger partial charge is 0.339 e. The van der Waals surface area contributed by atoms with E-state index < -0.39 is 5.97 Å². The molecule has 1 aromatic heterocycles. The number of aromatic nitrogens is 1. The number of hydrogen-bond acceptors (Lipinski definition) is 3. The van der Waals surface area contributed by atoms with Crippen LogP contribution in [0, 0.1) is 12.8 Å². The van der Waals surface area contributed by atoms with Crippen molar-refractivity contribution in [2.45, 2.75) is 46.6 Å². The molecule has 4 nitrogen and oxygen atoms in total. The molecule has 2 atom stereocenters. The van der Waals surface area contributed by atoms with Gasteiger partial charge in [-0.05, 0) is 32.3 Å². The zero-order valence-corrected chi connectivity index (χ0v) is 11.5. The highest BCUT2D eigenvalue weighted by molar-refractivity contribution is 5.93. The number of pyridine rings is 1. The Hall–Kier alpha value is -1.58. The molecule has 100 valence electrons. The number of carbonyl (C=O) groups is 1. The lowest BCUT2D eigenvalue weighted by Gasteiger charge is -2.20. The third-order valence-electron chi connectivity index (χ3n) is 3.13. The van der Waals surface area contributed by atoms with Crippen molar-refractivity contribution in [2.75, 3.05) is 5.32 Å². The minimum Gasteiger partial charge on any atom is -0.478 e. The van der Waals surface area contributed by atoms with Crippen LogP contribution in [0.3, 0.4) is 0 Å². The highest BCUT2D eigenvalue weighted by Crippen LogP contribution is 2.19. The second kappa shape index (κ2) is 6.38. The van der Waals surface area contributed by atoms with Gasteiger partial charge in [-0.25, -0.2) is 4.79 Å². The second-order valence-corrected chi connectivity index (χ2v) is 4.97. The van der Waals surface area contributed by atoms with Crippen LogP contribution in [0.25, 0.3) is 0 Å². The van der Waals surface area contributed by atoms with Crippen LogP contribution in [0.2, 0.25) is 0 Å². The summed E-state index contributed by atoms with van der Waals surface area (Å²) in [6.07, 6.45) is 3.57. The van der Waals surface area contributed by atoms with Crippen LogP contribution in [0.4, 0.5) is 5.69 Å². The Morgan fingerprint density at radius 1 is 1.50 bits per heavy atom. The number of nitrogens with one attached hydrogen (secondary N) is 1. The third-order valence-corrected chi connectivity index (χ3v) is 3.13. The predicted octanol–water partition coefficient (Wildman–Crippen LogP) is 3.32. The van der Waals surface area contributed by atoms with Crippen molar-refractivity contribution in [3.05, 3.63) is 23.5 Å². The molecule has 0 fully saturated rings. The van der Waals surface area contributed by atoms with Crippen molar-refractivity contribution in [3.8, 4) is 0 Å². The van der Waals surface area contributed by atoms with E-state index in [1.807, 2.05) is 6.92 Å². The van der Waals surface area contributed by atoms with Crippen LogP contribution in [0.15, 0.2) is 12.3 Å². The van der Waals surface area contributed by atoms with E-state index in [1.54, 1.807) is 6.07 Å². The topological polar surface area (TPSA) is 62.2 Å². The van der Waals surface area contributed by atoms with Gasteiger partial charge in [-0.15, -0.1) is 0 Å². The number of carboxylic acid groups (broad SMARTS) is 1. The van der Waals surface area contributed by atoms with Crippen LogP contribution in [0.1, 0.15) is 49.7 Å². The van der Waals surface area contributed by atoms with Gasteiger partial charge in [0.25, 0.3) is 0 Å². The summed E-state index contributed by atoms with van der Waals surface area (Å²) in [7, 11) is 0. The molecule has 0 bridgehead atoms. The second-order valence-electron chi connectivity index (χ2n) is 4.97. The summed E-state index contributed by atoms with van der Waals surface area (Å²) in [5, 5.41) is 12.4. The van der Waals surface area contributed by atoms with Crippen LogP contribution in [-0.2, 0) is 0 Å². The average molecular weight is 250 g/mol. The van der Waals surface area contributed by atoms with Gasteiger partial charge in [0.2, 0.25) is 0 Å². The Kier molecular flexibility index (Phi) is 5.13. The van der Waals surface area contributed by atoms with E-state index in [-0.39, 0.29) is 11.6 Å². The lowest BCUT2D eigenvalue weighted by molar-refractivity contribution is 0.0697. The van der Waals surface area contributed by atoms with Crippen LogP contribution < -0.4 is 5.32 Å². The van der Waals surface area contributed by atoms with Crippen molar-refractivity contribution >= 4 is 11.7 Å². The van der Waals surface area contributed by atoms with Gasteiger partial charge in [-0.3, -0.25) is 4.98 Å². The molecular formula is C14H22N2O2. The molecule has 0 aromatic carbocycles. The summed E-state index contributed by atoms with van der Waals surface area (Å²) in [6.45, 7) is 8.30. The Balaban J connectivity index is 2.82. The summed E-state index contributed by atoms with van der Waals surface area (Å²) in [5.74, 6) is -0.315. The number of aromatic carboxylic acids is 1. The minimum absolute atomic E-state index is 0.233. The Morgan fingerprint density at radius 2 is 2.17 bits per heavy atom. The SMILES string of the molecule is CCC(C)CC(C)Nc1cc(C)ncc1C(=O)O. The summed E-state index contributed by atoms with van der Waals surface area (Å²) in [6, 6.07) is 2.04. The molecule has 0 radical (unpaired) electrons. The van der Waals surface area contributed by atoms with E-state index in [9.17, 15) is 4.79 Å². The van der Waals surface area contributed by atoms with E-state index in [4.69, 9.17) is 5.11 Å². The van der Waals surface area contributed by atoms with Crippen molar-refractivity contribution in [1.82, 2.24) is 4.98 Å². The molecule has 0 aliphatic carbocycles. The molecule has 0 saturated heterocycles. The monoisotopic (exact) mass is 250 g/mol. The molecule has 1 heterocycles. The Morgan fingerprint density at radius 3 is 2.72 bits per heavy atom. The van der Waals surface area contributed by atoms with Crippen LogP contribution in [-0.4, -0.2) is 22.1 Å². The Bertz CT molecular complexity index is 418. The fourth-order valence-electron chi connectivity index (χ4n) is 1.94. The number of carboxylic acids is 1. The fourth-order valence-corrected chi connectivity index (χ4v) is 1.94. The standard InChI is InChI=1S/C14H22N2O2/c1-5-9(2)6-11(4)16-13-7-10(3)15-8-12(13)14(17)18/h7-9,11H,5-6H2,1-4H3,(H,15,16)(H,17,18). The molecule has 0 aliphatic heterocycles. The number of hydrogen-bond donors (Lipinski definition) is 2. The lowest BCUT2D eigenvalue weighted by Crippen LogP contribution is -2.20. The van der Waals surface area contributed by atoms with Gasteiger partial charge in [0.05, 0.1) is 5.69 Å². The van der Waals surface area contributed by atoms with Gasteiger partial charge in [0.1, 0.15) is 5.56 Å². The first-order chi connectivity index (χ1) is 8.43. The van der Waals surface area contributed by atoms with Crippen LogP contribution >= 0.6 is 0 Å². The third kappa shape index (κ3) is 4.02. The molecular weight excluding hydrogens is 228 g/mol. The highest BCUT2D eigenvalue weighted by atomic mass is 16.4. The van der Waals surface area contributed by atoms with Gasteiger partial charge < -0.3 is 10.4 Å². The van der Waals surface area contributed by atoms with Gasteiger partial charge >= 0.3 is 5.97 Å². The summed E-state index contributed by atoms with van der Waals surface area (Å²) in [5.41, 5.74) is 1.71. The fraction of sp³-hybridized carbons (Fsp3) is 0.571.